The lowest BCUT2D eigenvalue weighted by atomic mass is 10.1. The van der Waals surface area contributed by atoms with Crippen LogP contribution in [0.2, 0.25) is 0 Å². The van der Waals surface area contributed by atoms with Crippen LogP contribution in [-0.2, 0) is 33.9 Å². The number of hydrogen-bond donors (Lipinski definition) is 1. The Morgan fingerprint density at radius 2 is 2.06 bits per heavy atom. The van der Waals surface area contributed by atoms with E-state index < -0.39 is 9.84 Å². The molecule has 4 rings (SSSR count). The van der Waals surface area contributed by atoms with Crippen LogP contribution >= 0.6 is 23.1 Å². The number of aryl methyl sites for hydroxylation is 1. The van der Waals surface area contributed by atoms with Gasteiger partial charge in [-0.1, -0.05) is 29.5 Å². The topological polar surface area (TPSA) is 107 Å². The van der Waals surface area contributed by atoms with Crippen molar-refractivity contribution in [3.05, 3.63) is 51.7 Å². The van der Waals surface area contributed by atoms with Gasteiger partial charge in [0.2, 0.25) is 5.91 Å². The summed E-state index contributed by atoms with van der Waals surface area (Å²) in [6.07, 6.45) is 0.826. The number of nitrogens with zero attached hydrogens (tertiary/aromatic N) is 4. The SMILES string of the molecule is Cc1ccc(NC(=O)Cc2nc(CSc3nnc([C@H]4CCS(=O)(=O)C4)n3C)cs2)cc1. The molecule has 31 heavy (non-hydrogen) atoms. The number of rotatable bonds is 7. The highest BCUT2D eigenvalue weighted by Gasteiger charge is 2.32. The molecule has 0 saturated carbocycles. The maximum atomic E-state index is 12.3. The summed E-state index contributed by atoms with van der Waals surface area (Å²) >= 11 is 2.96. The second kappa shape index (κ2) is 9.09. The predicted octanol–water partition coefficient (Wildman–Crippen LogP) is 2.96. The molecule has 1 aliphatic heterocycles. The Bertz CT molecular complexity index is 1190. The highest BCUT2D eigenvalue weighted by Crippen LogP contribution is 2.30. The van der Waals surface area contributed by atoms with Gasteiger partial charge in [0.1, 0.15) is 10.8 Å². The van der Waals surface area contributed by atoms with Crippen molar-refractivity contribution in [2.45, 2.75) is 36.6 Å². The Hall–Kier alpha value is -2.24. The van der Waals surface area contributed by atoms with Gasteiger partial charge in [0.05, 0.1) is 23.6 Å². The molecule has 1 atom stereocenters. The van der Waals surface area contributed by atoms with E-state index in [-0.39, 0.29) is 29.8 Å². The number of hydrogen-bond acceptors (Lipinski definition) is 8. The number of thiazole rings is 1. The molecule has 3 aromatic rings. The number of benzene rings is 1. The number of carbonyl (C=O) groups excluding carboxylic acids is 1. The molecule has 2 aromatic heterocycles. The first-order chi connectivity index (χ1) is 14.8. The minimum atomic E-state index is -2.96. The van der Waals surface area contributed by atoms with Gasteiger partial charge in [0.15, 0.2) is 15.0 Å². The molecule has 8 nitrogen and oxygen atoms in total. The van der Waals surface area contributed by atoms with E-state index >= 15 is 0 Å². The number of carbonyl (C=O) groups is 1. The van der Waals surface area contributed by atoms with Crippen molar-refractivity contribution in [2.24, 2.45) is 7.05 Å². The average molecular weight is 478 g/mol. The maximum Gasteiger partial charge on any atom is 0.231 e. The van der Waals surface area contributed by atoms with Crippen LogP contribution in [0.1, 0.15) is 34.4 Å². The zero-order valence-corrected chi connectivity index (χ0v) is 19.7. The average Bonchev–Trinajstić information content (AvgIpc) is 3.41. The minimum Gasteiger partial charge on any atom is -0.326 e. The van der Waals surface area contributed by atoms with E-state index in [1.54, 1.807) is 0 Å². The minimum absolute atomic E-state index is 0.0882. The molecule has 1 amide bonds. The summed E-state index contributed by atoms with van der Waals surface area (Å²) < 4.78 is 25.4. The second-order valence-corrected chi connectivity index (χ2v) is 11.7. The lowest BCUT2D eigenvalue weighted by molar-refractivity contribution is -0.115. The van der Waals surface area contributed by atoms with Crippen molar-refractivity contribution < 1.29 is 13.2 Å². The van der Waals surface area contributed by atoms with Crippen molar-refractivity contribution in [1.29, 1.82) is 0 Å². The normalized spacial score (nSPS) is 17.7. The zero-order valence-electron chi connectivity index (χ0n) is 17.2. The third-order valence-corrected chi connectivity index (χ3v) is 8.78. The smallest absolute Gasteiger partial charge is 0.231 e. The van der Waals surface area contributed by atoms with Crippen LogP contribution in [0, 0.1) is 6.92 Å². The van der Waals surface area contributed by atoms with E-state index in [9.17, 15) is 13.2 Å². The molecule has 164 valence electrons. The van der Waals surface area contributed by atoms with Crippen molar-refractivity contribution >= 4 is 44.5 Å². The van der Waals surface area contributed by atoms with Crippen LogP contribution in [0.4, 0.5) is 5.69 Å². The standard InChI is InChI=1S/C20H23N5O3S3/c1-13-3-5-15(6-4-13)21-17(26)9-18-22-16(10-29-18)11-30-20-24-23-19(25(20)2)14-7-8-31(27,28)12-14/h3-6,10,14H,7-9,11-12H2,1-2H3,(H,21,26)/t14-/m0/s1. The number of nitrogens with one attached hydrogen (secondary N) is 1. The highest BCUT2D eigenvalue weighted by molar-refractivity contribution is 7.98. The summed E-state index contributed by atoms with van der Waals surface area (Å²) in [7, 11) is -1.10. The molecular weight excluding hydrogens is 454 g/mol. The first-order valence-electron chi connectivity index (χ1n) is 9.81. The van der Waals surface area contributed by atoms with E-state index in [0.717, 1.165) is 32.9 Å². The molecule has 11 heteroatoms. The van der Waals surface area contributed by atoms with Crippen molar-refractivity contribution in [1.82, 2.24) is 19.7 Å². The molecule has 1 N–H and O–H groups in total. The summed E-state index contributed by atoms with van der Waals surface area (Å²) in [5.74, 6) is 1.49. The van der Waals surface area contributed by atoms with Gasteiger partial charge in [-0.25, -0.2) is 13.4 Å². The Morgan fingerprint density at radius 1 is 1.29 bits per heavy atom. The number of aromatic nitrogens is 4. The monoisotopic (exact) mass is 477 g/mol. The third kappa shape index (κ3) is 5.52. The summed E-state index contributed by atoms with van der Waals surface area (Å²) in [4.78, 5) is 16.8. The first-order valence-corrected chi connectivity index (χ1v) is 13.5. The van der Waals surface area contributed by atoms with E-state index in [4.69, 9.17) is 0 Å². The molecular formula is C20H23N5O3S3. The van der Waals surface area contributed by atoms with Crippen molar-refractivity contribution in [3.8, 4) is 0 Å². The zero-order chi connectivity index (χ0) is 22.0. The van der Waals surface area contributed by atoms with Crippen molar-refractivity contribution in [2.75, 3.05) is 16.8 Å². The van der Waals surface area contributed by atoms with Gasteiger partial charge in [0, 0.05) is 29.8 Å². The lowest BCUT2D eigenvalue weighted by Gasteiger charge is -2.07. The molecule has 3 heterocycles. The molecule has 1 fully saturated rings. The second-order valence-electron chi connectivity index (χ2n) is 7.61. The molecule has 1 aliphatic rings. The summed E-state index contributed by atoms with van der Waals surface area (Å²) in [6.45, 7) is 2.00. The van der Waals surface area contributed by atoms with Crippen LogP contribution in [0.15, 0.2) is 34.8 Å². The molecule has 0 bridgehead atoms. The quantitative estimate of drug-likeness (QED) is 0.521. The maximum absolute atomic E-state index is 12.3. The fraction of sp³-hybridized carbons (Fsp3) is 0.400. The summed E-state index contributed by atoms with van der Waals surface area (Å²) in [5.41, 5.74) is 2.79. The van der Waals surface area contributed by atoms with Gasteiger partial charge in [-0.05, 0) is 25.5 Å². The van der Waals surface area contributed by atoms with Gasteiger partial charge >= 0.3 is 0 Å². The van der Waals surface area contributed by atoms with Crippen LogP contribution in [0.3, 0.4) is 0 Å². The molecule has 0 radical (unpaired) electrons. The van der Waals surface area contributed by atoms with E-state index in [0.29, 0.717) is 12.2 Å². The lowest BCUT2D eigenvalue weighted by Crippen LogP contribution is -2.14. The van der Waals surface area contributed by atoms with E-state index in [1.165, 1.54) is 23.1 Å². The fourth-order valence-corrected chi connectivity index (χ4v) is 6.87. The van der Waals surface area contributed by atoms with E-state index in [1.807, 2.05) is 48.2 Å². The van der Waals surface area contributed by atoms with Crippen LogP contribution in [-0.4, -0.2) is 45.6 Å². The fourth-order valence-electron chi connectivity index (χ4n) is 3.42. The largest absolute Gasteiger partial charge is 0.326 e. The van der Waals surface area contributed by atoms with Gasteiger partial charge in [0.25, 0.3) is 0 Å². The first kappa shape index (κ1) is 22.0. The van der Waals surface area contributed by atoms with Gasteiger partial charge in [-0.15, -0.1) is 21.5 Å². The number of thioether (sulfide) groups is 1. The predicted molar refractivity (Wildman–Crippen MR) is 122 cm³/mol. The molecule has 0 aliphatic carbocycles. The Balaban J connectivity index is 1.31. The van der Waals surface area contributed by atoms with Crippen LogP contribution in [0.5, 0.6) is 0 Å². The van der Waals surface area contributed by atoms with Crippen molar-refractivity contribution in [3.63, 3.8) is 0 Å². The molecule has 1 aromatic carbocycles. The molecule has 0 spiro atoms. The summed E-state index contributed by atoms with van der Waals surface area (Å²) in [6, 6.07) is 7.68. The van der Waals surface area contributed by atoms with Gasteiger partial charge in [-0.2, -0.15) is 0 Å². The molecule has 1 saturated heterocycles. The van der Waals surface area contributed by atoms with Gasteiger partial charge < -0.3 is 9.88 Å². The molecule has 0 unspecified atom stereocenters. The number of anilines is 1. The van der Waals surface area contributed by atoms with Crippen LogP contribution < -0.4 is 5.32 Å². The highest BCUT2D eigenvalue weighted by atomic mass is 32.2. The Labute approximate surface area is 189 Å². The number of sulfone groups is 1. The number of amides is 1. The third-order valence-electron chi connectivity index (χ3n) is 5.06. The van der Waals surface area contributed by atoms with E-state index in [2.05, 4.69) is 20.5 Å². The van der Waals surface area contributed by atoms with Crippen LogP contribution in [0.25, 0.3) is 0 Å². The van der Waals surface area contributed by atoms with Gasteiger partial charge in [-0.3, -0.25) is 4.79 Å². The summed E-state index contributed by atoms with van der Waals surface area (Å²) in [5, 5.41) is 14.8. The Kier molecular flexibility index (Phi) is 6.44. The Morgan fingerprint density at radius 3 is 2.77 bits per heavy atom.